The Labute approximate surface area is 144 Å². The molecular formula is C18H19FN2O4. The molecule has 1 atom stereocenters. The summed E-state index contributed by atoms with van der Waals surface area (Å²) in [5.41, 5.74) is 0.429. The Morgan fingerprint density at radius 1 is 1.28 bits per heavy atom. The molecule has 0 saturated heterocycles. The van der Waals surface area contributed by atoms with Gasteiger partial charge in [0, 0.05) is 11.5 Å². The van der Waals surface area contributed by atoms with E-state index in [-0.39, 0.29) is 28.8 Å². The van der Waals surface area contributed by atoms with Crippen molar-refractivity contribution in [1.29, 1.82) is 0 Å². The second-order valence-electron chi connectivity index (χ2n) is 6.29. The maximum absolute atomic E-state index is 13.1. The molecule has 2 N–H and O–H groups in total. The molecule has 6 nitrogen and oxygen atoms in total. The van der Waals surface area contributed by atoms with Crippen LogP contribution in [0.25, 0.3) is 11.3 Å². The maximum Gasteiger partial charge on any atom is 0.341 e. The Morgan fingerprint density at radius 2 is 1.92 bits per heavy atom. The molecule has 1 amide bonds. The van der Waals surface area contributed by atoms with Crippen molar-refractivity contribution in [3.05, 3.63) is 41.4 Å². The number of amides is 1. The second kappa shape index (κ2) is 7.04. The molecule has 1 fully saturated rings. The quantitative estimate of drug-likeness (QED) is 0.864. The van der Waals surface area contributed by atoms with Gasteiger partial charge in [0.15, 0.2) is 5.76 Å². The number of benzene rings is 1. The third-order valence-electron chi connectivity index (χ3n) is 4.53. The standard InChI is InChI=1S/C18H19FN2O4/c1-10(20-17(22)12-4-2-3-5-12)16-14(18(23)24)15(21-25-16)11-6-8-13(19)9-7-11/h6-10,12H,2-5H2,1H3,(H,20,22)(H,23,24)/t10-/m1/s1. The highest BCUT2D eigenvalue weighted by atomic mass is 19.1. The van der Waals surface area contributed by atoms with Crippen molar-refractivity contribution in [2.24, 2.45) is 5.92 Å². The van der Waals surface area contributed by atoms with E-state index in [9.17, 15) is 19.1 Å². The normalized spacial score (nSPS) is 15.9. The monoisotopic (exact) mass is 346 g/mol. The summed E-state index contributed by atoms with van der Waals surface area (Å²) in [6.07, 6.45) is 3.76. The second-order valence-corrected chi connectivity index (χ2v) is 6.29. The minimum Gasteiger partial charge on any atom is -0.477 e. The van der Waals surface area contributed by atoms with Gasteiger partial charge in [-0.15, -0.1) is 0 Å². The lowest BCUT2D eigenvalue weighted by Gasteiger charge is -2.15. The van der Waals surface area contributed by atoms with E-state index >= 15 is 0 Å². The van der Waals surface area contributed by atoms with E-state index in [4.69, 9.17) is 4.52 Å². The molecule has 0 aliphatic heterocycles. The summed E-state index contributed by atoms with van der Waals surface area (Å²) in [7, 11) is 0. The fourth-order valence-electron chi connectivity index (χ4n) is 3.19. The van der Waals surface area contributed by atoms with Crippen LogP contribution in [0.1, 0.15) is 54.8 Å². The maximum atomic E-state index is 13.1. The van der Waals surface area contributed by atoms with Gasteiger partial charge < -0.3 is 14.9 Å². The highest BCUT2D eigenvalue weighted by molar-refractivity contribution is 5.96. The summed E-state index contributed by atoms with van der Waals surface area (Å²) in [5.74, 6) is -1.69. The molecule has 1 aliphatic carbocycles. The zero-order valence-corrected chi connectivity index (χ0v) is 13.8. The zero-order chi connectivity index (χ0) is 18.0. The average molecular weight is 346 g/mol. The van der Waals surface area contributed by atoms with Gasteiger partial charge >= 0.3 is 5.97 Å². The number of rotatable bonds is 5. The highest BCUT2D eigenvalue weighted by Crippen LogP contribution is 2.30. The van der Waals surface area contributed by atoms with Crippen LogP contribution in [0.4, 0.5) is 4.39 Å². The lowest BCUT2D eigenvalue weighted by atomic mass is 10.0. The van der Waals surface area contributed by atoms with Gasteiger partial charge in [0.1, 0.15) is 17.1 Å². The van der Waals surface area contributed by atoms with Gasteiger partial charge in [-0.3, -0.25) is 4.79 Å². The van der Waals surface area contributed by atoms with Crippen LogP contribution in [0.3, 0.4) is 0 Å². The van der Waals surface area contributed by atoms with Crippen molar-refractivity contribution in [3.63, 3.8) is 0 Å². The third-order valence-corrected chi connectivity index (χ3v) is 4.53. The molecule has 132 valence electrons. The molecule has 7 heteroatoms. The fourth-order valence-corrected chi connectivity index (χ4v) is 3.19. The van der Waals surface area contributed by atoms with Crippen molar-refractivity contribution in [2.75, 3.05) is 0 Å². The lowest BCUT2D eigenvalue weighted by molar-refractivity contribution is -0.125. The van der Waals surface area contributed by atoms with Crippen LogP contribution in [-0.4, -0.2) is 22.1 Å². The van der Waals surface area contributed by atoms with E-state index in [2.05, 4.69) is 10.5 Å². The average Bonchev–Trinajstić information content (AvgIpc) is 3.25. The van der Waals surface area contributed by atoms with Crippen molar-refractivity contribution in [1.82, 2.24) is 10.5 Å². The van der Waals surface area contributed by atoms with E-state index in [0.717, 1.165) is 25.7 Å². The summed E-state index contributed by atoms with van der Waals surface area (Å²) < 4.78 is 18.3. The smallest absolute Gasteiger partial charge is 0.341 e. The fraction of sp³-hybridized carbons (Fsp3) is 0.389. The number of hydrogen-bond acceptors (Lipinski definition) is 4. The number of carbonyl (C=O) groups is 2. The highest BCUT2D eigenvalue weighted by Gasteiger charge is 2.30. The number of nitrogens with zero attached hydrogens (tertiary/aromatic N) is 1. The summed E-state index contributed by atoms with van der Waals surface area (Å²) in [5, 5.41) is 16.2. The van der Waals surface area contributed by atoms with Gasteiger partial charge in [-0.25, -0.2) is 9.18 Å². The lowest BCUT2D eigenvalue weighted by Crippen LogP contribution is -2.32. The van der Waals surface area contributed by atoms with Crippen molar-refractivity contribution in [2.45, 2.75) is 38.6 Å². The number of nitrogens with one attached hydrogen (secondary N) is 1. The first-order valence-corrected chi connectivity index (χ1v) is 8.26. The van der Waals surface area contributed by atoms with Crippen LogP contribution < -0.4 is 5.32 Å². The molecule has 0 bridgehead atoms. The zero-order valence-electron chi connectivity index (χ0n) is 13.8. The van der Waals surface area contributed by atoms with Crippen molar-refractivity contribution >= 4 is 11.9 Å². The van der Waals surface area contributed by atoms with Gasteiger partial charge in [-0.05, 0) is 44.0 Å². The third kappa shape index (κ3) is 3.55. The number of carboxylic acids is 1. The molecule has 1 aromatic heterocycles. The molecule has 1 saturated carbocycles. The summed E-state index contributed by atoms with van der Waals surface area (Å²) in [6.45, 7) is 1.66. The Hall–Kier alpha value is -2.70. The van der Waals surface area contributed by atoms with Crippen LogP contribution in [0.15, 0.2) is 28.8 Å². The molecule has 1 aromatic carbocycles. The van der Waals surface area contributed by atoms with E-state index in [1.165, 1.54) is 24.3 Å². The number of halogens is 1. The number of carboxylic acid groups (broad SMARTS) is 1. The number of hydrogen-bond donors (Lipinski definition) is 2. The predicted octanol–water partition coefficient (Wildman–Crippen LogP) is 3.55. The first-order chi connectivity index (χ1) is 12.0. The van der Waals surface area contributed by atoms with Gasteiger partial charge in [0.05, 0.1) is 6.04 Å². The SMILES string of the molecule is C[C@@H](NC(=O)C1CCCC1)c1onc(-c2ccc(F)cc2)c1C(=O)O. The van der Waals surface area contributed by atoms with E-state index in [1.54, 1.807) is 6.92 Å². The van der Waals surface area contributed by atoms with Crippen LogP contribution in [0, 0.1) is 11.7 Å². The van der Waals surface area contributed by atoms with Gasteiger partial charge in [0.25, 0.3) is 0 Å². The topological polar surface area (TPSA) is 92.4 Å². The Balaban J connectivity index is 1.87. The molecule has 0 unspecified atom stereocenters. The van der Waals surface area contributed by atoms with Crippen LogP contribution in [-0.2, 0) is 4.79 Å². The van der Waals surface area contributed by atoms with Crippen LogP contribution >= 0.6 is 0 Å². The molecular weight excluding hydrogens is 327 g/mol. The molecule has 2 aromatic rings. The van der Waals surface area contributed by atoms with Crippen molar-refractivity contribution in [3.8, 4) is 11.3 Å². The number of aromatic carboxylic acids is 1. The number of aromatic nitrogens is 1. The van der Waals surface area contributed by atoms with E-state index < -0.39 is 17.8 Å². The first kappa shape index (κ1) is 17.1. The summed E-state index contributed by atoms with van der Waals surface area (Å²) in [6, 6.07) is 4.69. The molecule has 1 heterocycles. The Morgan fingerprint density at radius 3 is 2.52 bits per heavy atom. The summed E-state index contributed by atoms with van der Waals surface area (Å²) in [4.78, 5) is 24.0. The first-order valence-electron chi connectivity index (χ1n) is 8.26. The molecule has 0 radical (unpaired) electrons. The molecule has 0 spiro atoms. The predicted molar refractivity (Wildman–Crippen MR) is 87.4 cm³/mol. The van der Waals surface area contributed by atoms with Gasteiger partial charge in [0.2, 0.25) is 5.91 Å². The van der Waals surface area contributed by atoms with Gasteiger partial charge in [-0.1, -0.05) is 18.0 Å². The Kier molecular flexibility index (Phi) is 4.83. The summed E-state index contributed by atoms with van der Waals surface area (Å²) >= 11 is 0. The molecule has 25 heavy (non-hydrogen) atoms. The number of carbonyl (C=O) groups excluding carboxylic acids is 1. The van der Waals surface area contributed by atoms with Crippen LogP contribution in [0.2, 0.25) is 0 Å². The van der Waals surface area contributed by atoms with Crippen molar-refractivity contribution < 1.29 is 23.6 Å². The molecule has 1 aliphatic rings. The van der Waals surface area contributed by atoms with E-state index in [1.807, 2.05) is 0 Å². The molecule has 3 rings (SSSR count). The minimum atomic E-state index is -1.21. The minimum absolute atomic E-state index is 0.0322. The largest absolute Gasteiger partial charge is 0.477 e. The Bertz CT molecular complexity index is 779. The van der Waals surface area contributed by atoms with E-state index in [0.29, 0.717) is 5.56 Å². The van der Waals surface area contributed by atoms with Gasteiger partial charge in [-0.2, -0.15) is 0 Å². The van der Waals surface area contributed by atoms with Crippen LogP contribution in [0.5, 0.6) is 0 Å².